The lowest BCUT2D eigenvalue weighted by Crippen LogP contribution is -2.33. The largest absolute Gasteiger partial charge is 0.460 e. The number of esters is 1. The van der Waals surface area contributed by atoms with Gasteiger partial charge in [-0.2, -0.15) is 0 Å². The first-order valence-electron chi connectivity index (χ1n) is 6.14. The Morgan fingerprint density at radius 1 is 1.15 bits per heavy atom. The van der Waals surface area contributed by atoms with E-state index in [0.717, 1.165) is 5.22 Å². The van der Waals surface area contributed by atoms with Gasteiger partial charge < -0.3 is 9.47 Å². The van der Waals surface area contributed by atoms with Crippen LogP contribution in [0.25, 0.3) is 12.0 Å². The third-order valence-electron chi connectivity index (χ3n) is 2.95. The summed E-state index contributed by atoms with van der Waals surface area (Å²) < 4.78 is 23.8. The molecule has 0 spiro atoms. The molecule has 0 unspecified atom stereocenters. The summed E-state index contributed by atoms with van der Waals surface area (Å²) in [4.78, 5) is 12.0. The summed E-state index contributed by atoms with van der Waals surface area (Å²) in [6.45, 7) is 0.288. The summed E-state index contributed by atoms with van der Waals surface area (Å²) in [5.41, 5.74) is 0.413. The number of hydrogen-bond donors (Lipinski definition) is 0. The number of hydrogen-bond acceptors (Lipinski definition) is 3. The topological polar surface area (TPSA) is 35.5 Å². The van der Waals surface area contributed by atoms with E-state index in [-0.39, 0.29) is 12.6 Å². The fourth-order valence-corrected chi connectivity index (χ4v) is 1.97. The van der Waals surface area contributed by atoms with Gasteiger partial charge in [-0.15, -0.1) is 0 Å². The Bertz CT molecular complexity index is 766. The Kier molecular flexibility index (Phi) is 3.21. The highest BCUT2D eigenvalue weighted by molar-refractivity contribution is 5.91. The fraction of sp³-hybridized carbons (Fsp3) is 0.0625. The summed E-state index contributed by atoms with van der Waals surface area (Å²) >= 11 is 0. The number of ether oxygens (including phenoxy) is 2. The maximum Gasteiger partial charge on any atom is 0.345 e. The number of rotatable bonds is 2. The number of carbonyl (C=O) groups excluding carboxylic acids is 1. The standard InChI is InChI=1S/C16H11FO3/c17-13-7-6-11-8-9-19-16(14(11)10-13)20-15(18)12-4-2-1-3-5-12/h1-8,10H,9H2. The molecule has 20 heavy (non-hydrogen) atoms. The maximum absolute atomic E-state index is 13.3. The van der Waals surface area contributed by atoms with Gasteiger partial charge in [0.2, 0.25) is 0 Å². The van der Waals surface area contributed by atoms with E-state index in [4.69, 9.17) is 9.47 Å². The van der Waals surface area contributed by atoms with E-state index in [9.17, 15) is 9.18 Å². The highest BCUT2D eigenvalue weighted by Crippen LogP contribution is 2.08. The van der Waals surface area contributed by atoms with Gasteiger partial charge in [-0.3, -0.25) is 0 Å². The molecule has 0 radical (unpaired) electrons. The number of fused-ring (bicyclic) bond motifs is 1. The molecule has 0 N–H and O–H groups in total. The molecule has 100 valence electrons. The molecule has 0 atom stereocenters. The van der Waals surface area contributed by atoms with Crippen molar-refractivity contribution >= 4 is 18.0 Å². The Morgan fingerprint density at radius 2 is 1.95 bits per heavy atom. The predicted molar refractivity (Wildman–Crippen MR) is 71.3 cm³/mol. The van der Waals surface area contributed by atoms with Crippen molar-refractivity contribution in [1.82, 2.24) is 0 Å². The molecule has 4 heteroatoms. The summed E-state index contributed by atoms with van der Waals surface area (Å²) in [7, 11) is 0. The molecule has 0 bridgehead atoms. The molecule has 1 aliphatic heterocycles. The lowest BCUT2D eigenvalue weighted by atomic mass is 10.2. The minimum atomic E-state index is -0.530. The molecule has 1 aliphatic rings. The van der Waals surface area contributed by atoms with Crippen molar-refractivity contribution in [1.29, 1.82) is 0 Å². The Morgan fingerprint density at radius 3 is 2.75 bits per heavy atom. The van der Waals surface area contributed by atoms with Crippen LogP contribution in [0.5, 0.6) is 0 Å². The molecular weight excluding hydrogens is 259 g/mol. The second kappa shape index (κ2) is 5.17. The van der Waals surface area contributed by atoms with Crippen LogP contribution >= 0.6 is 0 Å². The first-order valence-corrected chi connectivity index (χ1v) is 6.14. The summed E-state index contributed by atoms with van der Waals surface area (Å²) in [6.07, 6.45) is 1.80. The first kappa shape index (κ1) is 12.4. The van der Waals surface area contributed by atoms with E-state index < -0.39 is 11.8 Å². The van der Waals surface area contributed by atoms with Gasteiger partial charge in [0.05, 0.1) is 10.8 Å². The first-order chi connectivity index (χ1) is 9.74. The lowest BCUT2D eigenvalue weighted by molar-refractivity contribution is 0.0560. The van der Waals surface area contributed by atoms with E-state index in [1.54, 1.807) is 42.5 Å². The molecule has 0 aliphatic carbocycles. The predicted octanol–water partition coefficient (Wildman–Crippen LogP) is 1.56. The highest BCUT2D eigenvalue weighted by Gasteiger charge is 2.14. The molecule has 0 saturated heterocycles. The average molecular weight is 270 g/mol. The Labute approximate surface area is 114 Å². The normalized spacial score (nSPS) is 12.9. The monoisotopic (exact) mass is 270 g/mol. The van der Waals surface area contributed by atoms with Crippen LogP contribution < -0.4 is 10.4 Å². The van der Waals surface area contributed by atoms with Crippen LogP contribution in [0.3, 0.4) is 0 Å². The third-order valence-corrected chi connectivity index (χ3v) is 2.95. The number of carbonyl (C=O) groups is 1. The average Bonchev–Trinajstić information content (AvgIpc) is 2.49. The quantitative estimate of drug-likeness (QED) is 0.777. The third kappa shape index (κ3) is 2.40. The fourth-order valence-electron chi connectivity index (χ4n) is 1.97. The van der Waals surface area contributed by atoms with Crippen molar-refractivity contribution in [3.8, 4) is 0 Å². The van der Waals surface area contributed by atoms with Crippen LogP contribution in [0, 0.1) is 5.82 Å². The lowest BCUT2D eigenvalue weighted by Gasteiger charge is -2.12. The van der Waals surface area contributed by atoms with Crippen molar-refractivity contribution in [2.24, 2.45) is 0 Å². The van der Waals surface area contributed by atoms with Gasteiger partial charge >= 0.3 is 5.97 Å². The van der Waals surface area contributed by atoms with Crippen molar-refractivity contribution in [2.75, 3.05) is 6.61 Å². The van der Waals surface area contributed by atoms with Gasteiger partial charge in [0.1, 0.15) is 12.4 Å². The zero-order valence-electron chi connectivity index (χ0n) is 10.5. The second-order valence-corrected chi connectivity index (χ2v) is 4.29. The minimum absolute atomic E-state index is 0.0378. The van der Waals surface area contributed by atoms with E-state index in [1.807, 2.05) is 0 Å². The molecular formula is C16H11FO3. The van der Waals surface area contributed by atoms with Gasteiger partial charge in [0, 0.05) is 0 Å². The van der Waals surface area contributed by atoms with E-state index >= 15 is 0 Å². The molecule has 3 rings (SSSR count). The molecule has 0 saturated carbocycles. The summed E-state index contributed by atoms with van der Waals surface area (Å²) in [5.74, 6) is -0.899. The van der Waals surface area contributed by atoms with Gasteiger partial charge in [0.15, 0.2) is 0 Å². The molecule has 2 aromatic carbocycles. The van der Waals surface area contributed by atoms with Crippen LogP contribution in [0.1, 0.15) is 10.4 Å². The molecule has 2 aromatic rings. The summed E-state index contributed by atoms with van der Waals surface area (Å²) in [5, 5.41) is 1.23. The van der Waals surface area contributed by atoms with E-state index in [1.165, 1.54) is 12.1 Å². The summed E-state index contributed by atoms with van der Waals surface area (Å²) in [6, 6.07) is 12.9. The number of halogens is 1. The highest BCUT2D eigenvalue weighted by atomic mass is 19.1. The smallest absolute Gasteiger partial charge is 0.345 e. The van der Waals surface area contributed by atoms with Crippen LogP contribution in [-0.4, -0.2) is 12.6 Å². The van der Waals surface area contributed by atoms with Gasteiger partial charge in [0.25, 0.3) is 5.95 Å². The van der Waals surface area contributed by atoms with Crippen LogP contribution in [0.15, 0.2) is 48.5 Å². The molecule has 0 amide bonds. The molecule has 0 aromatic heterocycles. The van der Waals surface area contributed by atoms with Crippen LogP contribution in [0.4, 0.5) is 4.39 Å². The Balaban J connectivity index is 2.00. The van der Waals surface area contributed by atoms with Crippen molar-refractivity contribution in [3.05, 3.63) is 70.3 Å². The minimum Gasteiger partial charge on any atom is -0.460 e. The van der Waals surface area contributed by atoms with E-state index in [2.05, 4.69) is 0 Å². The zero-order valence-corrected chi connectivity index (χ0v) is 10.5. The van der Waals surface area contributed by atoms with Crippen molar-refractivity contribution in [2.45, 2.75) is 0 Å². The van der Waals surface area contributed by atoms with Gasteiger partial charge in [-0.1, -0.05) is 24.3 Å². The zero-order chi connectivity index (χ0) is 13.9. The second-order valence-electron chi connectivity index (χ2n) is 4.29. The van der Waals surface area contributed by atoms with Crippen molar-refractivity contribution < 1.29 is 18.7 Å². The molecule has 0 fully saturated rings. The Hall–Kier alpha value is -2.62. The molecule has 1 heterocycles. The SMILES string of the molecule is O=C(OC1=c2cc(F)ccc2=CCO1)c1ccccc1. The number of benzene rings is 2. The van der Waals surface area contributed by atoms with Gasteiger partial charge in [-0.05, 0) is 35.6 Å². The van der Waals surface area contributed by atoms with E-state index in [0.29, 0.717) is 10.8 Å². The maximum atomic E-state index is 13.3. The molecule has 3 nitrogen and oxygen atoms in total. The van der Waals surface area contributed by atoms with Crippen LogP contribution in [-0.2, 0) is 9.47 Å². The van der Waals surface area contributed by atoms with Crippen molar-refractivity contribution in [3.63, 3.8) is 0 Å². The van der Waals surface area contributed by atoms with Gasteiger partial charge in [-0.25, -0.2) is 9.18 Å². The van der Waals surface area contributed by atoms with Crippen LogP contribution in [0.2, 0.25) is 0 Å².